The lowest BCUT2D eigenvalue weighted by Gasteiger charge is -2.55. The van der Waals surface area contributed by atoms with Crippen LogP contribution in [0.4, 0.5) is 0 Å². The molecule has 12 atom stereocenters. The van der Waals surface area contributed by atoms with E-state index in [1.54, 1.807) is 0 Å². The molecule has 0 aromatic carbocycles. The predicted molar refractivity (Wildman–Crippen MR) is 54.5 cm³/mol. The summed E-state index contributed by atoms with van der Waals surface area (Å²) in [6.07, 6.45) is 5.97. The molecule has 2 saturated heterocycles. The molecule has 84 valence electrons. The van der Waals surface area contributed by atoms with Crippen molar-refractivity contribution in [1.29, 1.82) is 0 Å². The van der Waals surface area contributed by atoms with E-state index in [-0.39, 0.29) is 0 Å². The van der Waals surface area contributed by atoms with Gasteiger partial charge in [0.05, 0.1) is 24.4 Å². The first-order valence-electron chi connectivity index (χ1n) is 7.24. The summed E-state index contributed by atoms with van der Waals surface area (Å²) >= 11 is 0. The summed E-state index contributed by atoms with van der Waals surface area (Å²) in [5.41, 5.74) is 0. The van der Waals surface area contributed by atoms with Crippen LogP contribution < -0.4 is 0 Å². The van der Waals surface area contributed by atoms with Gasteiger partial charge in [-0.25, -0.2) is 0 Å². The Labute approximate surface area is 94.7 Å². The average molecular weight is 216 g/mol. The summed E-state index contributed by atoms with van der Waals surface area (Å²) in [5.74, 6) is 8.27. The van der Waals surface area contributed by atoms with Gasteiger partial charge in [0.15, 0.2) is 0 Å². The van der Waals surface area contributed by atoms with Crippen molar-refractivity contribution in [3.05, 3.63) is 0 Å². The van der Waals surface area contributed by atoms with E-state index < -0.39 is 0 Å². The van der Waals surface area contributed by atoms with Crippen LogP contribution in [-0.4, -0.2) is 24.4 Å². The van der Waals surface area contributed by atoms with Gasteiger partial charge in [0.2, 0.25) is 0 Å². The highest BCUT2D eigenvalue weighted by molar-refractivity contribution is 5.29. The van der Waals surface area contributed by atoms with Gasteiger partial charge in [-0.05, 0) is 60.2 Å². The topological polar surface area (TPSA) is 25.1 Å². The fourth-order valence-electron chi connectivity index (χ4n) is 7.48. The molecule has 4 bridgehead atoms. The summed E-state index contributed by atoms with van der Waals surface area (Å²) in [6.45, 7) is 0. The van der Waals surface area contributed by atoms with Crippen molar-refractivity contribution in [2.75, 3.05) is 0 Å². The van der Waals surface area contributed by atoms with Gasteiger partial charge in [-0.1, -0.05) is 0 Å². The summed E-state index contributed by atoms with van der Waals surface area (Å²) in [7, 11) is 0. The van der Waals surface area contributed by atoms with Crippen molar-refractivity contribution in [3.8, 4) is 0 Å². The van der Waals surface area contributed by atoms with E-state index in [1.807, 2.05) is 0 Å². The largest absolute Gasteiger partial charge is 0.369 e. The maximum Gasteiger partial charge on any atom is 0.0875 e. The molecule has 5 saturated carbocycles. The lowest BCUT2D eigenvalue weighted by atomic mass is 9.48. The van der Waals surface area contributed by atoms with Crippen LogP contribution in [0.1, 0.15) is 12.8 Å². The van der Waals surface area contributed by atoms with Gasteiger partial charge in [-0.3, -0.25) is 0 Å². The molecule has 7 rings (SSSR count). The van der Waals surface area contributed by atoms with Gasteiger partial charge in [0, 0.05) is 0 Å². The van der Waals surface area contributed by atoms with Crippen LogP contribution in [0.5, 0.6) is 0 Å². The lowest BCUT2D eigenvalue weighted by Crippen LogP contribution is -2.55. The number of hydrogen-bond acceptors (Lipinski definition) is 2. The Morgan fingerprint density at radius 2 is 0.812 bits per heavy atom. The van der Waals surface area contributed by atoms with Crippen LogP contribution in [-0.2, 0) is 9.47 Å². The molecule has 4 unspecified atom stereocenters. The fourth-order valence-corrected chi connectivity index (χ4v) is 7.48. The molecule has 0 amide bonds. The third-order valence-corrected chi connectivity index (χ3v) is 7.65. The average Bonchev–Trinajstić information content (AvgIpc) is 3.12. The van der Waals surface area contributed by atoms with Crippen LogP contribution in [0.3, 0.4) is 0 Å². The molecule has 2 heterocycles. The van der Waals surface area contributed by atoms with E-state index in [4.69, 9.17) is 9.47 Å². The van der Waals surface area contributed by atoms with Crippen LogP contribution in [0.15, 0.2) is 0 Å². The smallest absolute Gasteiger partial charge is 0.0875 e. The van der Waals surface area contributed by atoms with Gasteiger partial charge in [0.25, 0.3) is 0 Å². The third-order valence-electron chi connectivity index (χ3n) is 7.65. The van der Waals surface area contributed by atoms with Gasteiger partial charge in [0.1, 0.15) is 0 Å². The van der Waals surface area contributed by atoms with Crippen molar-refractivity contribution in [2.45, 2.75) is 37.3 Å². The molecule has 2 aliphatic heterocycles. The van der Waals surface area contributed by atoms with Crippen LogP contribution in [0.25, 0.3) is 0 Å². The summed E-state index contributed by atoms with van der Waals surface area (Å²) in [4.78, 5) is 0. The predicted octanol–water partition coefficient (Wildman–Crippen LogP) is 1.30. The molecule has 2 nitrogen and oxygen atoms in total. The Kier molecular flexibility index (Phi) is 0.836. The number of ether oxygens (including phenoxy) is 2. The molecule has 2 heteroatoms. The second-order valence-electron chi connectivity index (χ2n) is 7.57. The SMILES string of the molecule is C1[C@@H]2C3C(C4C3[C@@H]3C[C@@H]4[C@H]4O[C@@H]43)[C@H]1[C@H]1O[C@@H]12. The Morgan fingerprint density at radius 1 is 0.500 bits per heavy atom. The molecule has 16 heavy (non-hydrogen) atoms. The number of hydrogen-bond donors (Lipinski definition) is 0. The summed E-state index contributed by atoms with van der Waals surface area (Å²) in [5, 5.41) is 0. The quantitative estimate of drug-likeness (QED) is 0.450. The Hall–Kier alpha value is -0.0800. The van der Waals surface area contributed by atoms with Crippen LogP contribution in [0, 0.1) is 47.3 Å². The van der Waals surface area contributed by atoms with Crippen LogP contribution >= 0.6 is 0 Å². The molecule has 0 radical (unpaired) electrons. The minimum Gasteiger partial charge on any atom is -0.369 e. The Bertz CT molecular complexity index is 350. The van der Waals surface area contributed by atoms with E-state index in [1.165, 1.54) is 12.8 Å². The van der Waals surface area contributed by atoms with E-state index in [0.29, 0.717) is 0 Å². The first-order valence-corrected chi connectivity index (χ1v) is 7.24. The zero-order valence-electron chi connectivity index (χ0n) is 9.16. The van der Waals surface area contributed by atoms with E-state index in [0.717, 1.165) is 71.8 Å². The summed E-state index contributed by atoms with van der Waals surface area (Å²) in [6, 6.07) is 0. The van der Waals surface area contributed by atoms with Crippen molar-refractivity contribution in [2.24, 2.45) is 47.3 Å². The zero-order valence-corrected chi connectivity index (χ0v) is 9.16. The minimum absolute atomic E-state index is 0.724. The maximum absolute atomic E-state index is 5.88. The lowest BCUT2D eigenvalue weighted by molar-refractivity contribution is -0.0762. The molecule has 0 aromatic heterocycles. The number of fused-ring (bicyclic) bond motifs is 18. The molecule has 0 N–H and O–H groups in total. The molecule has 0 aromatic rings. The second-order valence-corrected chi connectivity index (χ2v) is 7.57. The standard InChI is InChI=1S/C14H16O2/c1-3-7-8(4(1)12-11(3)15-12)10-6-2-5(9(7)10)13-14(6)16-13/h3-14H,1-2H2/t3-,4-,5-,6+,7?,8?,9?,10?,11+,12+,13+,14+/m0/s1. The maximum atomic E-state index is 5.88. The van der Waals surface area contributed by atoms with E-state index >= 15 is 0 Å². The highest BCUT2D eigenvalue weighted by Gasteiger charge is 2.82. The van der Waals surface area contributed by atoms with Gasteiger partial charge in [-0.2, -0.15) is 0 Å². The molecule has 7 fully saturated rings. The van der Waals surface area contributed by atoms with Gasteiger partial charge >= 0.3 is 0 Å². The van der Waals surface area contributed by atoms with Crippen molar-refractivity contribution < 1.29 is 9.47 Å². The zero-order chi connectivity index (χ0) is 9.76. The number of epoxide rings is 2. The van der Waals surface area contributed by atoms with Gasteiger partial charge in [-0.15, -0.1) is 0 Å². The summed E-state index contributed by atoms with van der Waals surface area (Å²) < 4.78 is 11.8. The highest BCUT2D eigenvalue weighted by Crippen LogP contribution is 2.80. The third kappa shape index (κ3) is 0.504. The van der Waals surface area contributed by atoms with E-state index in [2.05, 4.69) is 0 Å². The minimum atomic E-state index is 0.724. The van der Waals surface area contributed by atoms with Gasteiger partial charge < -0.3 is 9.47 Å². The molecule has 5 aliphatic carbocycles. The van der Waals surface area contributed by atoms with Crippen molar-refractivity contribution in [1.82, 2.24) is 0 Å². The first-order chi connectivity index (χ1) is 7.93. The van der Waals surface area contributed by atoms with E-state index in [9.17, 15) is 0 Å². The fraction of sp³-hybridized carbons (Fsp3) is 1.00. The molecular weight excluding hydrogens is 200 g/mol. The van der Waals surface area contributed by atoms with Crippen LogP contribution in [0.2, 0.25) is 0 Å². The first kappa shape index (κ1) is 7.38. The normalized spacial score (nSPS) is 87.0. The van der Waals surface area contributed by atoms with Crippen molar-refractivity contribution >= 4 is 0 Å². The van der Waals surface area contributed by atoms with Crippen molar-refractivity contribution in [3.63, 3.8) is 0 Å². The Morgan fingerprint density at radius 3 is 1.12 bits per heavy atom. The molecule has 7 aliphatic rings. The monoisotopic (exact) mass is 216 g/mol. The Balaban J connectivity index is 1.40. The highest BCUT2D eigenvalue weighted by atomic mass is 16.6. The molecular formula is C14H16O2. The second kappa shape index (κ2) is 1.81. The number of rotatable bonds is 0. The molecule has 0 spiro atoms.